The summed E-state index contributed by atoms with van der Waals surface area (Å²) in [4.78, 5) is 23.4. The molecule has 0 unspecified atom stereocenters. The molecule has 2 atom stereocenters. The van der Waals surface area contributed by atoms with Crippen LogP contribution >= 0.6 is 11.3 Å². The van der Waals surface area contributed by atoms with E-state index < -0.39 is 0 Å². The van der Waals surface area contributed by atoms with Gasteiger partial charge in [0.15, 0.2) is 0 Å². The number of benzene rings is 1. The van der Waals surface area contributed by atoms with Gasteiger partial charge in [-0.3, -0.25) is 10.1 Å². The lowest BCUT2D eigenvalue weighted by molar-refractivity contribution is -0.122. The molecule has 1 fully saturated rings. The third-order valence-electron chi connectivity index (χ3n) is 3.86. The normalized spacial score (nSPS) is 20.2. The summed E-state index contributed by atoms with van der Waals surface area (Å²) in [6.45, 7) is 0. The minimum atomic E-state index is -0.390. The summed E-state index contributed by atoms with van der Waals surface area (Å²) in [5, 5.41) is 14.6. The quantitative estimate of drug-likeness (QED) is 0.795. The fourth-order valence-electron chi connectivity index (χ4n) is 2.75. The number of rotatable bonds is 4. The number of nitrogens with zero attached hydrogens (tertiary/aromatic N) is 2. The number of carbonyl (C=O) groups excluding carboxylic acids is 2. The molecule has 1 aromatic heterocycles. The third kappa shape index (κ3) is 3.65. The van der Waals surface area contributed by atoms with E-state index >= 15 is 0 Å². The lowest BCUT2D eigenvalue weighted by Crippen LogP contribution is -2.44. The molecule has 8 heteroatoms. The molecule has 0 spiro atoms. The SMILES string of the molecule is NC(=O)[C@@H]1CCC[C@@H]1NC(=O)Nc1nnc(-c2ccccc2)s1. The Morgan fingerprint density at radius 3 is 2.70 bits per heavy atom. The van der Waals surface area contributed by atoms with Crippen molar-refractivity contribution in [1.82, 2.24) is 15.5 Å². The molecule has 2 aromatic rings. The molecule has 1 aliphatic rings. The minimum Gasteiger partial charge on any atom is -0.369 e. The zero-order valence-electron chi connectivity index (χ0n) is 12.4. The van der Waals surface area contributed by atoms with Crippen LogP contribution in [0.1, 0.15) is 19.3 Å². The second-order valence-corrected chi connectivity index (χ2v) is 6.40. The summed E-state index contributed by atoms with van der Waals surface area (Å²) in [6.07, 6.45) is 2.36. The molecule has 0 saturated heterocycles. The zero-order chi connectivity index (χ0) is 16.2. The number of urea groups is 1. The first-order valence-corrected chi connectivity index (χ1v) is 8.21. The number of carbonyl (C=O) groups is 2. The molecule has 1 saturated carbocycles. The fourth-order valence-corrected chi connectivity index (χ4v) is 3.49. The Labute approximate surface area is 137 Å². The molecule has 23 heavy (non-hydrogen) atoms. The summed E-state index contributed by atoms with van der Waals surface area (Å²) < 4.78 is 0. The van der Waals surface area contributed by atoms with Gasteiger partial charge in [0.05, 0.1) is 5.92 Å². The molecule has 1 aromatic carbocycles. The van der Waals surface area contributed by atoms with Crippen LogP contribution in [0.25, 0.3) is 10.6 Å². The highest BCUT2D eigenvalue weighted by Crippen LogP contribution is 2.27. The van der Waals surface area contributed by atoms with Crippen LogP contribution < -0.4 is 16.4 Å². The van der Waals surface area contributed by atoms with E-state index in [1.807, 2.05) is 30.3 Å². The Kier molecular flexibility index (Phi) is 4.52. The van der Waals surface area contributed by atoms with Gasteiger partial charge in [0, 0.05) is 11.6 Å². The van der Waals surface area contributed by atoms with Crippen molar-refractivity contribution < 1.29 is 9.59 Å². The smallest absolute Gasteiger partial charge is 0.321 e. The van der Waals surface area contributed by atoms with Crippen molar-refractivity contribution >= 4 is 28.4 Å². The number of hydrogen-bond donors (Lipinski definition) is 3. The van der Waals surface area contributed by atoms with Crippen molar-refractivity contribution in [2.24, 2.45) is 11.7 Å². The van der Waals surface area contributed by atoms with Crippen LogP contribution in [0.5, 0.6) is 0 Å². The first-order chi connectivity index (χ1) is 11.1. The van der Waals surface area contributed by atoms with Crippen molar-refractivity contribution in [2.75, 3.05) is 5.32 Å². The maximum Gasteiger partial charge on any atom is 0.321 e. The van der Waals surface area contributed by atoms with Gasteiger partial charge in [0.25, 0.3) is 0 Å². The van der Waals surface area contributed by atoms with Crippen molar-refractivity contribution in [3.8, 4) is 10.6 Å². The minimum absolute atomic E-state index is 0.214. The lowest BCUT2D eigenvalue weighted by Gasteiger charge is -2.17. The monoisotopic (exact) mass is 331 g/mol. The van der Waals surface area contributed by atoms with Gasteiger partial charge in [-0.05, 0) is 12.8 Å². The van der Waals surface area contributed by atoms with E-state index in [4.69, 9.17) is 5.73 Å². The highest BCUT2D eigenvalue weighted by atomic mass is 32.1. The van der Waals surface area contributed by atoms with Gasteiger partial charge in [0.1, 0.15) is 5.01 Å². The van der Waals surface area contributed by atoms with Gasteiger partial charge in [-0.1, -0.05) is 48.1 Å². The van der Waals surface area contributed by atoms with Crippen molar-refractivity contribution in [2.45, 2.75) is 25.3 Å². The van der Waals surface area contributed by atoms with Crippen molar-refractivity contribution in [3.05, 3.63) is 30.3 Å². The predicted octanol–water partition coefficient (Wildman–Crippen LogP) is 1.98. The standard InChI is InChI=1S/C15H17N5O2S/c16-12(21)10-7-4-8-11(10)17-14(22)18-15-20-19-13(23-15)9-5-2-1-3-6-9/h1-3,5-6,10-11H,4,7-8H2,(H2,16,21)(H2,17,18,20,22)/t10-,11+/m1/s1. The Balaban J connectivity index is 1.60. The molecular formula is C15H17N5O2S. The molecule has 0 aliphatic heterocycles. The number of hydrogen-bond acceptors (Lipinski definition) is 5. The van der Waals surface area contributed by atoms with Crippen LogP contribution in [0.4, 0.5) is 9.93 Å². The van der Waals surface area contributed by atoms with E-state index in [-0.39, 0.29) is 23.9 Å². The number of nitrogens with one attached hydrogen (secondary N) is 2. The molecule has 0 radical (unpaired) electrons. The summed E-state index contributed by atoms with van der Waals surface area (Å²) in [6, 6.07) is 9.02. The number of amides is 3. The Bertz CT molecular complexity index is 703. The Morgan fingerprint density at radius 2 is 1.96 bits per heavy atom. The van der Waals surface area contributed by atoms with E-state index in [9.17, 15) is 9.59 Å². The van der Waals surface area contributed by atoms with Crippen molar-refractivity contribution in [1.29, 1.82) is 0 Å². The molecule has 0 bridgehead atoms. The highest BCUT2D eigenvalue weighted by Gasteiger charge is 2.32. The summed E-state index contributed by atoms with van der Waals surface area (Å²) >= 11 is 1.29. The summed E-state index contributed by atoms with van der Waals surface area (Å²) in [5.74, 6) is -0.662. The highest BCUT2D eigenvalue weighted by molar-refractivity contribution is 7.18. The molecule has 1 aliphatic carbocycles. The zero-order valence-corrected chi connectivity index (χ0v) is 13.2. The van der Waals surface area contributed by atoms with E-state index in [1.54, 1.807) is 0 Å². The van der Waals surface area contributed by atoms with Crippen LogP contribution in [0.15, 0.2) is 30.3 Å². The van der Waals surface area contributed by atoms with Crippen LogP contribution in [-0.4, -0.2) is 28.2 Å². The maximum atomic E-state index is 12.0. The van der Waals surface area contributed by atoms with Crippen LogP contribution in [-0.2, 0) is 4.79 Å². The molecule has 120 valence electrons. The number of primary amides is 1. The van der Waals surface area contributed by atoms with E-state index in [0.29, 0.717) is 5.13 Å². The van der Waals surface area contributed by atoms with Crippen LogP contribution in [0, 0.1) is 5.92 Å². The van der Waals surface area contributed by atoms with Gasteiger partial charge in [-0.25, -0.2) is 4.79 Å². The largest absolute Gasteiger partial charge is 0.369 e. The maximum absolute atomic E-state index is 12.0. The molecule has 7 nitrogen and oxygen atoms in total. The Hall–Kier alpha value is -2.48. The second-order valence-electron chi connectivity index (χ2n) is 5.42. The molecule has 4 N–H and O–H groups in total. The molecular weight excluding hydrogens is 314 g/mol. The topological polar surface area (TPSA) is 110 Å². The summed E-state index contributed by atoms with van der Waals surface area (Å²) in [5.41, 5.74) is 6.30. The first kappa shape index (κ1) is 15.4. The fraction of sp³-hybridized carbons (Fsp3) is 0.333. The second kappa shape index (κ2) is 6.74. The van der Waals surface area contributed by atoms with Crippen molar-refractivity contribution in [3.63, 3.8) is 0 Å². The van der Waals surface area contributed by atoms with Crippen LogP contribution in [0.2, 0.25) is 0 Å². The predicted molar refractivity (Wildman–Crippen MR) is 87.8 cm³/mol. The average Bonchev–Trinajstić information content (AvgIpc) is 3.17. The first-order valence-electron chi connectivity index (χ1n) is 7.39. The molecule has 3 rings (SSSR count). The van der Waals surface area contributed by atoms with Crippen LogP contribution in [0.3, 0.4) is 0 Å². The average molecular weight is 331 g/mol. The number of nitrogens with two attached hydrogens (primary N) is 1. The van der Waals surface area contributed by atoms with E-state index in [1.165, 1.54) is 11.3 Å². The van der Waals surface area contributed by atoms with Gasteiger partial charge in [-0.15, -0.1) is 10.2 Å². The number of anilines is 1. The molecule has 1 heterocycles. The van der Waals surface area contributed by atoms with Gasteiger partial charge in [-0.2, -0.15) is 0 Å². The van der Waals surface area contributed by atoms with Gasteiger partial charge < -0.3 is 11.1 Å². The van der Waals surface area contributed by atoms with Gasteiger partial charge >= 0.3 is 6.03 Å². The number of aromatic nitrogens is 2. The van der Waals surface area contributed by atoms with E-state index in [2.05, 4.69) is 20.8 Å². The Morgan fingerprint density at radius 1 is 1.17 bits per heavy atom. The third-order valence-corrected chi connectivity index (χ3v) is 4.75. The van der Waals surface area contributed by atoms with Gasteiger partial charge in [0.2, 0.25) is 11.0 Å². The van der Waals surface area contributed by atoms with E-state index in [0.717, 1.165) is 29.8 Å². The lowest BCUT2D eigenvalue weighted by atomic mass is 10.0. The summed E-state index contributed by atoms with van der Waals surface area (Å²) in [7, 11) is 0. The molecule has 3 amide bonds.